The summed E-state index contributed by atoms with van der Waals surface area (Å²) in [5.41, 5.74) is 2.93. The Bertz CT molecular complexity index is 1710. The quantitative estimate of drug-likeness (QED) is 0.170. The summed E-state index contributed by atoms with van der Waals surface area (Å²) in [4.78, 5) is 24.0. The Kier molecular flexibility index (Phi) is 10.6. The van der Waals surface area contributed by atoms with E-state index in [0.29, 0.717) is 17.0 Å². The molecule has 4 aromatic rings. The highest BCUT2D eigenvalue weighted by Gasteiger charge is 2.20. The molecular formula is C36H30F2N2O4. The van der Waals surface area contributed by atoms with Gasteiger partial charge in [-0.25, -0.2) is 18.4 Å². The van der Waals surface area contributed by atoms with Gasteiger partial charge in [-0.05, 0) is 85.7 Å². The highest BCUT2D eigenvalue weighted by molar-refractivity contribution is 5.91. The van der Waals surface area contributed by atoms with Gasteiger partial charge >= 0.3 is 11.9 Å². The number of nitrogens with zero attached hydrogens (tertiary/aromatic N) is 2. The Hall–Kier alpha value is -5.34. The first-order chi connectivity index (χ1) is 21.2. The maximum Gasteiger partial charge on any atom is 0.343 e. The maximum atomic E-state index is 13.6. The molecule has 0 bridgehead atoms. The molecule has 0 radical (unpaired) electrons. The van der Waals surface area contributed by atoms with Gasteiger partial charge in [0, 0.05) is 12.1 Å². The molecule has 0 N–H and O–H groups in total. The Morgan fingerprint density at radius 3 is 1.52 bits per heavy atom. The average Bonchev–Trinajstić information content (AvgIpc) is 3.02. The predicted molar refractivity (Wildman–Crippen MR) is 160 cm³/mol. The minimum absolute atomic E-state index is 0.0714. The van der Waals surface area contributed by atoms with E-state index in [1.807, 2.05) is 19.1 Å². The Labute approximate surface area is 255 Å². The molecule has 0 aromatic heterocycles. The summed E-state index contributed by atoms with van der Waals surface area (Å²) in [7, 11) is 0. The van der Waals surface area contributed by atoms with Crippen LogP contribution in [0.25, 0.3) is 0 Å². The second-order valence-electron chi connectivity index (χ2n) is 10.7. The van der Waals surface area contributed by atoms with E-state index in [-0.39, 0.29) is 22.6 Å². The van der Waals surface area contributed by atoms with Crippen molar-refractivity contribution in [2.24, 2.45) is 5.92 Å². The lowest BCUT2D eigenvalue weighted by atomic mass is 9.79. The standard InChI is InChI=1S/C21H20FNO2.C15H10FNO2/c1-14-2-4-15(5-3-14)16-6-8-17(9-7-16)21(24)25-19-11-10-18(13-23)20(22)12-19;1-10-2-4-11(5-3-10)15(18)19-13-7-6-12(9-17)14(16)8-13/h6-12,14-15H,2-5H2,1H3;2-8H,1H3. The molecule has 8 heteroatoms. The van der Waals surface area contributed by atoms with Crippen LogP contribution in [0.4, 0.5) is 8.78 Å². The minimum atomic E-state index is -0.711. The van der Waals surface area contributed by atoms with Crippen LogP contribution in [-0.4, -0.2) is 11.9 Å². The summed E-state index contributed by atoms with van der Waals surface area (Å²) in [6, 6.07) is 25.2. The number of ether oxygens (including phenoxy) is 2. The van der Waals surface area contributed by atoms with Crippen molar-refractivity contribution in [2.75, 3.05) is 0 Å². The lowest BCUT2D eigenvalue weighted by Crippen LogP contribution is -2.12. The van der Waals surface area contributed by atoms with E-state index < -0.39 is 23.6 Å². The van der Waals surface area contributed by atoms with Crippen LogP contribution in [0.15, 0.2) is 84.9 Å². The SMILES string of the molecule is CC1CCC(c2ccc(C(=O)Oc3ccc(C#N)c(F)c3)cc2)CC1.Cc1ccc(C(=O)Oc2ccc(C#N)c(F)c2)cc1. The molecule has 6 nitrogen and oxygen atoms in total. The second-order valence-corrected chi connectivity index (χ2v) is 10.7. The van der Waals surface area contributed by atoms with Crippen molar-refractivity contribution in [3.8, 4) is 23.6 Å². The largest absolute Gasteiger partial charge is 0.423 e. The molecule has 1 aliphatic rings. The number of carbonyl (C=O) groups excluding carboxylic acids is 2. The Morgan fingerprint density at radius 2 is 1.11 bits per heavy atom. The molecule has 1 saturated carbocycles. The van der Waals surface area contributed by atoms with Crippen LogP contribution in [0, 0.1) is 47.1 Å². The summed E-state index contributed by atoms with van der Waals surface area (Å²) in [6.45, 7) is 4.20. The molecule has 5 rings (SSSR count). The van der Waals surface area contributed by atoms with Gasteiger partial charge in [0.25, 0.3) is 0 Å². The first-order valence-electron chi connectivity index (χ1n) is 14.2. The van der Waals surface area contributed by atoms with Gasteiger partial charge in [0.2, 0.25) is 0 Å². The van der Waals surface area contributed by atoms with Crippen LogP contribution in [0.5, 0.6) is 11.5 Å². The molecule has 1 fully saturated rings. The van der Waals surface area contributed by atoms with Crippen molar-refractivity contribution in [3.05, 3.63) is 130 Å². The smallest absolute Gasteiger partial charge is 0.343 e. The second kappa shape index (κ2) is 14.7. The first kappa shape index (κ1) is 31.6. The summed E-state index contributed by atoms with van der Waals surface area (Å²) in [6.07, 6.45) is 4.88. The third-order valence-corrected chi connectivity index (χ3v) is 7.46. The van der Waals surface area contributed by atoms with Crippen LogP contribution >= 0.6 is 0 Å². The zero-order valence-electron chi connectivity index (χ0n) is 24.3. The van der Waals surface area contributed by atoms with E-state index in [0.717, 1.165) is 23.6 Å². The lowest BCUT2D eigenvalue weighted by molar-refractivity contribution is 0.0724. The maximum absolute atomic E-state index is 13.6. The van der Waals surface area contributed by atoms with Gasteiger partial charge in [-0.1, -0.05) is 49.6 Å². The number of halogens is 2. The normalized spacial score (nSPS) is 15.5. The van der Waals surface area contributed by atoms with Crippen molar-refractivity contribution < 1.29 is 27.8 Å². The fraction of sp³-hybridized carbons (Fsp3) is 0.222. The molecule has 0 spiro atoms. The van der Waals surface area contributed by atoms with Gasteiger partial charge in [-0.3, -0.25) is 0 Å². The van der Waals surface area contributed by atoms with Gasteiger partial charge in [-0.15, -0.1) is 0 Å². The van der Waals surface area contributed by atoms with Gasteiger partial charge in [0.15, 0.2) is 0 Å². The summed E-state index contributed by atoms with van der Waals surface area (Å²) in [5.74, 6) is -0.982. The van der Waals surface area contributed by atoms with Crippen LogP contribution in [-0.2, 0) is 0 Å². The van der Waals surface area contributed by atoms with E-state index in [2.05, 4.69) is 6.92 Å². The van der Waals surface area contributed by atoms with Gasteiger partial charge in [0.05, 0.1) is 22.3 Å². The minimum Gasteiger partial charge on any atom is -0.423 e. The molecule has 0 saturated heterocycles. The average molecular weight is 593 g/mol. The van der Waals surface area contributed by atoms with Crippen LogP contribution in [0.2, 0.25) is 0 Å². The molecule has 0 atom stereocenters. The predicted octanol–water partition coefficient (Wildman–Crippen LogP) is 8.44. The molecule has 0 heterocycles. The van der Waals surface area contributed by atoms with Crippen molar-refractivity contribution in [1.29, 1.82) is 10.5 Å². The molecule has 0 amide bonds. The molecule has 44 heavy (non-hydrogen) atoms. The van der Waals surface area contributed by atoms with E-state index in [1.165, 1.54) is 55.5 Å². The Morgan fingerprint density at radius 1 is 0.682 bits per heavy atom. The number of rotatable bonds is 5. The van der Waals surface area contributed by atoms with Crippen molar-refractivity contribution >= 4 is 11.9 Å². The molecule has 222 valence electrons. The third-order valence-electron chi connectivity index (χ3n) is 7.46. The zero-order valence-corrected chi connectivity index (χ0v) is 24.3. The van der Waals surface area contributed by atoms with Gasteiger partial charge in [0.1, 0.15) is 35.3 Å². The molecular weight excluding hydrogens is 562 g/mol. The first-order valence-corrected chi connectivity index (χ1v) is 14.2. The summed E-state index contributed by atoms with van der Waals surface area (Å²) >= 11 is 0. The highest BCUT2D eigenvalue weighted by Crippen LogP contribution is 2.35. The lowest BCUT2D eigenvalue weighted by Gasteiger charge is -2.26. The van der Waals surface area contributed by atoms with Crippen LogP contribution in [0.1, 0.15) is 81.5 Å². The number of esters is 2. The van der Waals surface area contributed by atoms with Crippen molar-refractivity contribution in [1.82, 2.24) is 0 Å². The van der Waals surface area contributed by atoms with Crippen molar-refractivity contribution in [2.45, 2.75) is 45.4 Å². The van der Waals surface area contributed by atoms with Crippen LogP contribution < -0.4 is 9.47 Å². The fourth-order valence-electron chi connectivity index (χ4n) is 4.81. The number of hydrogen-bond donors (Lipinski definition) is 0. The monoisotopic (exact) mass is 592 g/mol. The fourth-order valence-corrected chi connectivity index (χ4v) is 4.81. The summed E-state index contributed by atoms with van der Waals surface area (Å²) < 4.78 is 37.1. The van der Waals surface area contributed by atoms with Crippen LogP contribution in [0.3, 0.4) is 0 Å². The van der Waals surface area contributed by atoms with E-state index in [4.69, 9.17) is 20.0 Å². The molecule has 1 aliphatic carbocycles. The van der Waals surface area contributed by atoms with E-state index >= 15 is 0 Å². The number of nitriles is 2. The molecule has 0 aliphatic heterocycles. The molecule has 0 unspecified atom stereocenters. The topological polar surface area (TPSA) is 100 Å². The van der Waals surface area contributed by atoms with Gasteiger partial charge < -0.3 is 9.47 Å². The number of benzene rings is 4. The van der Waals surface area contributed by atoms with E-state index in [9.17, 15) is 18.4 Å². The Balaban J connectivity index is 0.000000209. The number of carbonyl (C=O) groups is 2. The van der Waals surface area contributed by atoms with Crippen molar-refractivity contribution in [3.63, 3.8) is 0 Å². The molecule has 4 aromatic carbocycles. The zero-order chi connectivity index (χ0) is 31.6. The number of hydrogen-bond acceptors (Lipinski definition) is 6. The van der Waals surface area contributed by atoms with Gasteiger partial charge in [-0.2, -0.15) is 10.5 Å². The third kappa shape index (κ3) is 8.36. The van der Waals surface area contributed by atoms with E-state index in [1.54, 1.807) is 48.5 Å². The highest BCUT2D eigenvalue weighted by atomic mass is 19.1. The number of aryl methyl sites for hydroxylation is 1. The summed E-state index contributed by atoms with van der Waals surface area (Å²) in [5, 5.41) is 17.3.